The molecule has 5 atom stereocenters. The molecule has 33 nitrogen and oxygen atoms in total. The Morgan fingerprint density at radius 3 is 1.12 bits per heavy atom. The Morgan fingerprint density at radius 2 is 0.673 bits per heavy atom. The molecule has 0 aromatic rings. The van der Waals surface area contributed by atoms with Gasteiger partial charge in [0.2, 0.25) is 29.5 Å². The molecule has 0 fully saturated rings. The van der Waals surface area contributed by atoms with Crippen LogP contribution in [0.5, 0.6) is 0 Å². The van der Waals surface area contributed by atoms with Crippen LogP contribution in [-0.2, 0) is 100 Å². The minimum absolute atomic E-state index is 0.00143. The third-order valence-corrected chi connectivity index (χ3v) is 18.5. The summed E-state index contributed by atoms with van der Waals surface area (Å²) < 4.78 is 43.4. The molecule has 33 heteroatoms. The number of carboxylic acids is 4. The van der Waals surface area contributed by atoms with E-state index in [4.69, 9.17) is 48.1 Å². The van der Waals surface area contributed by atoms with Gasteiger partial charge in [-0.25, -0.2) is 4.79 Å². The van der Waals surface area contributed by atoms with Crippen molar-refractivity contribution in [2.24, 2.45) is 5.92 Å². The number of carbonyl (C=O) groups excluding carboxylic acids is 9. The number of ether oxygens (including phenoxy) is 8. The molecule has 0 radical (unpaired) electrons. The fourth-order valence-corrected chi connectivity index (χ4v) is 11.9. The largest absolute Gasteiger partial charge is 0.481 e. The van der Waals surface area contributed by atoms with Crippen LogP contribution in [0.4, 0.5) is 0 Å². The van der Waals surface area contributed by atoms with E-state index in [1.165, 1.54) is 6.92 Å². The Morgan fingerprint density at radius 1 is 0.292 bits per heavy atom. The van der Waals surface area contributed by atoms with E-state index in [-0.39, 0.29) is 241 Å². The number of likely N-dealkylation sites (N-methyl/N-ethyl adjacent to an activating group) is 1. The second kappa shape index (κ2) is 76.7. The van der Waals surface area contributed by atoms with Gasteiger partial charge in [0.15, 0.2) is 5.78 Å². The molecule has 5 amide bonds. The quantitative estimate of drug-likeness (QED) is 0.0220. The SMILES string of the molecule is CN[C@@H](CCCCNC(=O)COCCOCCCC(=O)COCCOCCNC(=O)CC[C@H](NC(O)CCCCCCCCCCCCC(=O)O)C(=O)O)C(=O)CC[C@@H](CCCCNC(=O)COCCOCCNC(=O)COCCOCCCC(=O)CC[C@H](NC(=O)CCCCCCCCCCCCC(=O)O)C(=O)O)C(C)=O. The van der Waals surface area contributed by atoms with Gasteiger partial charge in [-0.05, 0) is 110 Å². The van der Waals surface area contributed by atoms with Crippen LogP contribution < -0.4 is 37.2 Å². The fourth-order valence-electron chi connectivity index (χ4n) is 11.9. The number of unbranched alkanes of at least 4 members (excludes halogenated alkanes) is 20. The van der Waals surface area contributed by atoms with Crippen LogP contribution >= 0.6 is 0 Å². The molecular weight excluding hydrogens is 1470 g/mol. The first-order chi connectivity index (χ1) is 54.5. The summed E-state index contributed by atoms with van der Waals surface area (Å²) in [4.78, 5) is 156. The maximum absolute atomic E-state index is 13.1. The lowest BCUT2D eigenvalue weighted by molar-refractivity contribution is -0.142. The van der Waals surface area contributed by atoms with Crippen molar-refractivity contribution < 1.29 is 126 Å². The molecule has 654 valence electrons. The maximum atomic E-state index is 13.1. The van der Waals surface area contributed by atoms with E-state index in [1.807, 2.05) is 0 Å². The van der Waals surface area contributed by atoms with E-state index in [2.05, 4.69) is 37.2 Å². The van der Waals surface area contributed by atoms with Crippen LogP contribution in [0.3, 0.4) is 0 Å². The molecule has 0 aliphatic heterocycles. The number of carboxylic acid groups (broad SMARTS) is 4. The summed E-state index contributed by atoms with van der Waals surface area (Å²) in [6, 6.07) is -2.60. The molecule has 0 heterocycles. The number of carbonyl (C=O) groups is 13. The standard InChI is InChI=1S/C80H143N7O26/c1-63(88)64(29-23-25-43-82-74(95)61-113-58-54-109-50-46-85-76(97)62-112-57-51-106-47-27-30-65(89)38-39-68(79(102)103)86-72(93)33-19-15-11-7-3-5-9-13-17-21-35-77(98)99)37-41-70(91)67(81-2)32-24-26-44-83-75(96)60-111-56-52-107-48-28-31-66(90)59-110-55-53-108-49-45-84-71(92)42-40-69(80(104)105)87-73(94)34-20-16-12-8-4-6-10-14-18-22-36-78(100)101/h64,67-69,73,81,87,94H,3-62H2,1-2H3,(H,82,95)(H,83,96)(H,84,92)(H,85,97)(H,86,93)(H,98,99)(H,100,101)(H,102,103)(H,104,105)/t64-,67+,68+,69+,73?/m1/s1. The molecule has 0 aromatic carbocycles. The van der Waals surface area contributed by atoms with Crippen molar-refractivity contribution in [3.05, 3.63) is 0 Å². The molecule has 0 aliphatic rings. The molecule has 1 unspecified atom stereocenters. The normalized spacial score (nSPS) is 12.6. The van der Waals surface area contributed by atoms with Gasteiger partial charge in [0.25, 0.3) is 0 Å². The summed E-state index contributed by atoms with van der Waals surface area (Å²) in [6.07, 6.45) is 25.2. The first-order valence-electron chi connectivity index (χ1n) is 41.6. The summed E-state index contributed by atoms with van der Waals surface area (Å²) >= 11 is 0. The second-order valence-electron chi connectivity index (χ2n) is 28.5. The van der Waals surface area contributed by atoms with E-state index in [0.717, 1.165) is 116 Å². The number of ketones is 4. The molecule has 0 saturated carbocycles. The van der Waals surface area contributed by atoms with Gasteiger partial charge in [-0.15, -0.1) is 0 Å². The molecule has 0 aliphatic carbocycles. The fraction of sp³-hybridized carbons (Fsp3) is 0.838. The van der Waals surface area contributed by atoms with Crippen molar-refractivity contribution in [2.45, 2.75) is 288 Å². The van der Waals surface area contributed by atoms with Gasteiger partial charge >= 0.3 is 23.9 Å². The van der Waals surface area contributed by atoms with Crippen LogP contribution in [0, 0.1) is 5.92 Å². The number of aliphatic hydroxyl groups excluding tert-OH is 1. The number of hydrogen-bond acceptors (Lipinski definition) is 24. The van der Waals surface area contributed by atoms with Gasteiger partial charge < -0.3 is 95.3 Å². The minimum atomic E-state index is -1.19. The van der Waals surface area contributed by atoms with Gasteiger partial charge in [0.05, 0.1) is 72.1 Å². The third-order valence-electron chi connectivity index (χ3n) is 18.5. The average Bonchev–Trinajstić information content (AvgIpc) is 0.927. The lowest BCUT2D eigenvalue weighted by atomic mass is 9.90. The first-order valence-corrected chi connectivity index (χ1v) is 41.6. The van der Waals surface area contributed by atoms with Crippen LogP contribution in [-0.4, -0.2) is 265 Å². The lowest BCUT2D eigenvalue weighted by Gasteiger charge is -2.19. The summed E-state index contributed by atoms with van der Waals surface area (Å²) in [5, 5.41) is 66.2. The van der Waals surface area contributed by atoms with Gasteiger partial charge in [0.1, 0.15) is 62.1 Å². The Labute approximate surface area is 669 Å². The molecular formula is C80H143N7O26. The van der Waals surface area contributed by atoms with Crippen LogP contribution in [0.2, 0.25) is 0 Å². The highest BCUT2D eigenvalue weighted by atomic mass is 16.5. The predicted molar refractivity (Wildman–Crippen MR) is 421 cm³/mol. The number of rotatable bonds is 87. The van der Waals surface area contributed by atoms with Crippen molar-refractivity contribution in [2.75, 3.05) is 139 Å². The van der Waals surface area contributed by atoms with Crippen LogP contribution in [0.1, 0.15) is 264 Å². The number of aliphatic carboxylic acids is 4. The number of hydrogen-bond donors (Lipinski definition) is 12. The van der Waals surface area contributed by atoms with Crippen molar-refractivity contribution in [1.82, 2.24) is 37.2 Å². The van der Waals surface area contributed by atoms with Gasteiger partial charge in [-0.1, -0.05) is 109 Å². The zero-order valence-electron chi connectivity index (χ0n) is 68.1. The Kier molecular flexibility index (Phi) is 72.3. The number of nitrogens with one attached hydrogen (secondary N) is 7. The monoisotopic (exact) mass is 1620 g/mol. The predicted octanol–water partition coefficient (Wildman–Crippen LogP) is 6.79. The highest BCUT2D eigenvalue weighted by Crippen LogP contribution is 2.19. The summed E-state index contributed by atoms with van der Waals surface area (Å²) in [5.74, 6) is -5.95. The smallest absolute Gasteiger partial charge is 0.326 e. The van der Waals surface area contributed by atoms with E-state index >= 15 is 0 Å². The van der Waals surface area contributed by atoms with E-state index in [1.54, 1.807) is 7.05 Å². The minimum Gasteiger partial charge on any atom is -0.481 e. The highest BCUT2D eigenvalue weighted by Gasteiger charge is 2.24. The van der Waals surface area contributed by atoms with Crippen LogP contribution in [0.25, 0.3) is 0 Å². The number of amides is 5. The molecule has 0 aromatic heterocycles. The van der Waals surface area contributed by atoms with E-state index in [0.29, 0.717) is 96.7 Å². The Balaban J connectivity index is 3.87. The van der Waals surface area contributed by atoms with Gasteiger partial charge in [0, 0.05) is 96.7 Å². The first kappa shape index (κ1) is 106. The zero-order valence-corrected chi connectivity index (χ0v) is 68.1. The lowest BCUT2D eigenvalue weighted by Crippen LogP contribution is -2.44. The number of aliphatic hydroxyl groups is 1. The van der Waals surface area contributed by atoms with E-state index in [9.17, 15) is 77.6 Å². The molecule has 12 N–H and O–H groups in total. The summed E-state index contributed by atoms with van der Waals surface area (Å²) in [7, 11) is 1.72. The van der Waals surface area contributed by atoms with Crippen LogP contribution in [0.15, 0.2) is 0 Å². The Hall–Kier alpha value is -6.53. The summed E-state index contributed by atoms with van der Waals surface area (Å²) in [5.41, 5.74) is 0. The highest BCUT2D eigenvalue weighted by molar-refractivity contribution is 5.86. The molecule has 0 spiro atoms. The van der Waals surface area contributed by atoms with Crippen molar-refractivity contribution in [3.8, 4) is 0 Å². The maximum Gasteiger partial charge on any atom is 0.326 e. The average molecular weight is 1620 g/mol. The van der Waals surface area contributed by atoms with Gasteiger partial charge in [-0.2, -0.15) is 0 Å². The third kappa shape index (κ3) is 72.9. The van der Waals surface area contributed by atoms with Crippen molar-refractivity contribution >= 4 is 76.5 Å². The van der Waals surface area contributed by atoms with Crippen molar-refractivity contribution in [3.63, 3.8) is 0 Å². The summed E-state index contributed by atoms with van der Waals surface area (Å²) in [6.45, 7) is 4.74. The Bertz CT molecular complexity index is 2550. The molecule has 0 rings (SSSR count). The molecule has 113 heavy (non-hydrogen) atoms. The second-order valence-corrected chi connectivity index (χ2v) is 28.5. The van der Waals surface area contributed by atoms with Gasteiger partial charge in [-0.3, -0.25) is 62.9 Å². The van der Waals surface area contributed by atoms with E-state index < -0.39 is 42.2 Å². The molecule has 0 bridgehead atoms. The van der Waals surface area contributed by atoms with Crippen molar-refractivity contribution in [1.29, 1.82) is 0 Å². The topological polar surface area (TPSA) is 481 Å². The number of Topliss-reactive ketones (excluding diaryl/α,β-unsaturated/α-hetero) is 4. The molecule has 0 saturated heterocycles. The zero-order chi connectivity index (χ0) is 83.4.